The highest BCUT2D eigenvalue weighted by Gasteiger charge is 2.13. The van der Waals surface area contributed by atoms with E-state index in [0.29, 0.717) is 27.6 Å². The summed E-state index contributed by atoms with van der Waals surface area (Å²) in [6.45, 7) is -0.300. The molecule has 0 aliphatic heterocycles. The van der Waals surface area contributed by atoms with Crippen LogP contribution in [0.2, 0.25) is 10.0 Å². The van der Waals surface area contributed by atoms with E-state index in [1.165, 1.54) is 13.3 Å². The highest BCUT2D eigenvalue weighted by Crippen LogP contribution is 2.31. The molecule has 0 radical (unpaired) electrons. The Labute approximate surface area is 208 Å². The molecule has 0 saturated carbocycles. The first kappa shape index (κ1) is 24.6. The lowest BCUT2D eigenvalue weighted by molar-refractivity contribution is -0.123. The summed E-state index contributed by atoms with van der Waals surface area (Å²) in [5.41, 5.74) is 3.34. The zero-order chi connectivity index (χ0) is 23.8. The molecule has 1 N–H and O–H groups in total. The van der Waals surface area contributed by atoms with E-state index in [0.717, 1.165) is 4.47 Å². The minimum Gasteiger partial charge on any atom is -0.493 e. The van der Waals surface area contributed by atoms with Gasteiger partial charge in [-0.15, -0.1) is 0 Å². The van der Waals surface area contributed by atoms with Crippen molar-refractivity contribution < 1.29 is 23.8 Å². The summed E-state index contributed by atoms with van der Waals surface area (Å²) in [5.74, 6) is -0.152. The fraction of sp³-hybridized carbons (Fsp3) is 0.0870. The number of rotatable bonds is 8. The van der Waals surface area contributed by atoms with Gasteiger partial charge in [0.15, 0.2) is 18.1 Å². The van der Waals surface area contributed by atoms with Crippen molar-refractivity contribution in [2.75, 3.05) is 13.7 Å². The third kappa shape index (κ3) is 6.95. The van der Waals surface area contributed by atoms with Gasteiger partial charge >= 0.3 is 5.97 Å². The Morgan fingerprint density at radius 1 is 1.03 bits per heavy atom. The number of hydrazone groups is 1. The third-order valence-corrected chi connectivity index (χ3v) is 5.42. The molecule has 0 bridgehead atoms. The normalized spacial score (nSPS) is 10.7. The van der Waals surface area contributed by atoms with Crippen LogP contribution < -0.4 is 19.6 Å². The van der Waals surface area contributed by atoms with E-state index in [1.807, 2.05) is 6.07 Å². The zero-order valence-electron chi connectivity index (χ0n) is 17.2. The van der Waals surface area contributed by atoms with Gasteiger partial charge in [-0.1, -0.05) is 51.3 Å². The second kappa shape index (κ2) is 11.7. The van der Waals surface area contributed by atoms with Crippen molar-refractivity contribution in [1.29, 1.82) is 0 Å². The van der Waals surface area contributed by atoms with Crippen LogP contribution in [0.3, 0.4) is 0 Å². The standard InChI is InChI=1S/C23H17BrCl2N2O5/c1-31-20-10-14(8-9-18(20)33-23(30)15-4-2-5-16(24)11-15)12-27-28-21(29)13-32-19-7-3-6-17(25)22(19)26/h2-12H,13H2,1H3,(H,28,29)/b27-12+. The van der Waals surface area contributed by atoms with Crippen molar-refractivity contribution in [3.63, 3.8) is 0 Å². The molecular weight excluding hydrogens is 535 g/mol. The van der Waals surface area contributed by atoms with Crippen LogP contribution >= 0.6 is 39.1 Å². The minimum atomic E-state index is -0.525. The first-order valence-electron chi connectivity index (χ1n) is 9.42. The molecule has 0 spiro atoms. The predicted molar refractivity (Wildman–Crippen MR) is 130 cm³/mol. The fourth-order valence-corrected chi connectivity index (χ4v) is 3.32. The first-order chi connectivity index (χ1) is 15.9. The molecule has 1 amide bonds. The number of carbonyl (C=O) groups excluding carboxylic acids is 2. The van der Waals surface area contributed by atoms with E-state index >= 15 is 0 Å². The highest BCUT2D eigenvalue weighted by molar-refractivity contribution is 9.10. The summed E-state index contributed by atoms with van der Waals surface area (Å²) >= 11 is 15.2. The van der Waals surface area contributed by atoms with Crippen molar-refractivity contribution in [3.05, 3.63) is 86.3 Å². The van der Waals surface area contributed by atoms with Gasteiger partial charge in [0.2, 0.25) is 0 Å². The predicted octanol–water partition coefficient (Wildman–Crippen LogP) is 5.51. The monoisotopic (exact) mass is 550 g/mol. The van der Waals surface area contributed by atoms with Crippen LogP contribution in [0.5, 0.6) is 17.2 Å². The number of halogens is 3. The summed E-state index contributed by atoms with van der Waals surface area (Å²) in [6.07, 6.45) is 1.41. The van der Waals surface area contributed by atoms with Crippen LogP contribution in [0.15, 0.2) is 70.2 Å². The number of esters is 1. The summed E-state index contributed by atoms with van der Waals surface area (Å²) in [7, 11) is 1.45. The number of hydrogen-bond donors (Lipinski definition) is 1. The van der Waals surface area contributed by atoms with Gasteiger partial charge in [0.25, 0.3) is 5.91 Å². The third-order valence-electron chi connectivity index (χ3n) is 4.13. The molecule has 0 atom stereocenters. The number of nitrogens with zero attached hydrogens (tertiary/aromatic N) is 1. The quantitative estimate of drug-likeness (QED) is 0.172. The molecule has 0 unspecified atom stereocenters. The minimum absolute atomic E-state index is 0.225. The Balaban J connectivity index is 1.58. The number of hydrogen-bond acceptors (Lipinski definition) is 6. The van der Waals surface area contributed by atoms with Gasteiger partial charge < -0.3 is 14.2 Å². The number of nitrogens with one attached hydrogen (secondary N) is 1. The molecule has 170 valence electrons. The summed E-state index contributed by atoms with van der Waals surface area (Å²) in [6, 6.07) is 16.6. The summed E-state index contributed by atoms with van der Waals surface area (Å²) < 4.78 is 16.8. The average Bonchev–Trinajstić information content (AvgIpc) is 2.80. The Bertz CT molecular complexity index is 1200. The van der Waals surface area contributed by atoms with Gasteiger partial charge in [-0.3, -0.25) is 4.79 Å². The smallest absolute Gasteiger partial charge is 0.343 e. The van der Waals surface area contributed by atoms with E-state index in [-0.39, 0.29) is 17.4 Å². The molecule has 33 heavy (non-hydrogen) atoms. The van der Waals surface area contributed by atoms with Gasteiger partial charge in [0.1, 0.15) is 10.8 Å². The molecule has 0 heterocycles. The zero-order valence-corrected chi connectivity index (χ0v) is 20.3. The lowest BCUT2D eigenvalue weighted by Crippen LogP contribution is -2.24. The Morgan fingerprint density at radius 3 is 2.58 bits per heavy atom. The van der Waals surface area contributed by atoms with Gasteiger partial charge in [-0.05, 0) is 54.1 Å². The second-order valence-corrected chi connectivity index (χ2v) is 8.14. The highest BCUT2D eigenvalue weighted by atomic mass is 79.9. The lowest BCUT2D eigenvalue weighted by Gasteiger charge is -2.10. The van der Waals surface area contributed by atoms with Gasteiger partial charge in [0, 0.05) is 4.47 Å². The van der Waals surface area contributed by atoms with Gasteiger partial charge in [0.05, 0.1) is 23.9 Å². The maximum Gasteiger partial charge on any atom is 0.343 e. The summed E-state index contributed by atoms with van der Waals surface area (Å²) in [4.78, 5) is 24.3. The van der Waals surface area contributed by atoms with Gasteiger partial charge in [-0.25, -0.2) is 10.2 Å². The van der Waals surface area contributed by atoms with Crippen LogP contribution in [-0.4, -0.2) is 31.8 Å². The molecule has 3 aromatic rings. The molecule has 0 aliphatic carbocycles. The Hall–Kier alpha value is -3.07. The van der Waals surface area contributed by atoms with Crippen LogP contribution in [0, 0.1) is 0 Å². The maximum atomic E-state index is 12.4. The fourth-order valence-electron chi connectivity index (χ4n) is 2.57. The lowest BCUT2D eigenvalue weighted by atomic mass is 10.2. The molecule has 0 aliphatic rings. The molecule has 0 fully saturated rings. The Morgan fingerprint density at radius 2 is 1.82 bits per heavy atom. The van der Waals surface area contributed by atoms with Crippen LogP contribution in [0.1, 0.15) is 15.9 Å². The first-order valence-corrected chi connectivity index (χ1v) is 11.0. The SMILES string of the molecule is COc1cc(/C=N/NC(=O)COc2cccc(Cl)c2Cl)ccc1OC(=O)c1cccc(Br)c1. The van der Waals surface area contributed by atoms with Crippen LogP contribution in [0.25, 0.3) is 0 Å². The van der Waals surface area contributed by atoms with Crippen molar-refractivity contribution in [2.24, 2.45) is 5.10 Å². The Kier molecular flexibility index (Phi) is 8.71. The summed E-state index contributed by atoms with van der Waals surface area (Å²) in [5, 5.41) is 4.44. The maximum absolute atomic E-state index is 12.4. The van der Waals surface area contributed by atoms with Crippen molar-refractivity contribution >= 4 is 57.2 Å². The molecule has 0 aromatic heterocycles. The number of benzene rings is 3. The molecule has 3 aromatic carbocycles. The molecule has 7 nitrogen and oxygen atoms in total. The van der Waals surface area contributed by atoms with Crippen molar-refractivity contribution in [2.45, 2.75) is 0 Å². The van der Waals surface area contributed by atoms with Crippen molar-refractivity contribution in [3.8, 4) is 17.2 Å². The topological polar surface area (TPSA) is 86.2 Å². The van der Waals surface area contributed by atoms with E-state index in [1.54, 1.807) is 54.6 Å². The van der Waals surface area contributed by atoms with E-state index in [2.05, 4.69) is 26.5 Å². The largest absolute Gasteiger partial charge is 0.493 e. The van der Waals surface area contributed by atoms with Crippen molar-refractivity contribution in [1.82, 2.24) is 5.43 Å². The molecule has 3 rings (SSSR count). The molecule has 0 saturated heterocycles. The van der Waals surface area contributed by atoms with E-state index < -0.39 is 11.9 Å². The number of amides is 1. The van der Waals surface area contributed by atoms with Crippen LogP contribution in [-0.2, 0) is 4.79 Å². The van der Waals surface area contributed by atoms with E-state index in [9.17, 15) is 9.59 Å². The molecular formula is C23H17BrCl2N2O5. The number of methoxy groups -OCH3 is 1. The average molecular weight is 552 g/mol. The molecule has 10 heteroatoms. The second-order valence-electron chi connectivity index (χ2n) is 6.44. The van der Waals surface area contributed by atoms with E-state index in [4.69, 9.17) is 37.4 Å². The van der Waals surface area contributed by atoms with Gasteiger partial charge in [-0.2, -0.15) is 5.10 Å². The van der Waals surface area contributed by atoms with Crippen LogP contribution in [0.4, 0.5) is 0 Å². The number of carbonyl (C=O) groups is 2. The number of ether oxygens (including phenoxy) is 3.